The summed E-state index contributed by atoms with van der Waals surface area (Å²) in [6.07, 6.45) is 1.28. The van der Waals surface area contributed by atoms with Gasteiger partial charge in [-0.2, -0.15) is 9.78 Å². The molecule has 0 unspecified atom stereocenters. The fraction of sp³-hybridized carbons (Fsp3) is 0.0645. The number of ether oxygens (including phenoxy) is 2. The third-order valence-corrected chi connectivity index (χ3v) is 7.26. The number of nitro benzene ring substituents is 1. The second-order valence-electron chi connectivity index (χ2n) is 9.28. The van der Waals surface area contributed by atoms with E-state index in [9.17, 15) is 14.9 Å². The van der Waals surface area contributed by atoms with Crippen molar-refractivity contribution in [2.75, 3.05) is 7.11 Å². The lowest BCUT2D eigenvalue weighted by Gasteiger charge is -2.11. The SMILES string of the molecule is COc1cccc2oc(-c3nc4ccccc4c(=O)n3N=Cc3cc(Cl)c(OCc4ccccc4Cl)c([N+](=O)[O-])c3)cc12. The molecule has 10 nitrogen and oxygen atoms in total. The molecule has 0 N–H and O–H groups in total. The Morgan fingerprint density at radius 3 is 2.58 bits per heavy atom. The average Bonchev–Trinajstić information content (AvgIpc) is 3.45. The third-order valence-electron chi connectivity index (χ3n) is 6.61. The highest BCUT2D eigenvalue weighted by atomic mass is 35.5. The van der Waals surface area contributed by atoms with E-state index < -0.39 is 10.5 Å². The van der Waals surface area contributed by atoms with E-state index in [0.717, 1.165) is 4.68 Å². The minimum Gasteiger partial charge on any atom is -0.496 e. The van der Waals surface area contributed by atoms with Crippen molar-refractivity contribution >= 4 is 57.0 Å². The number of hydrogen-bond donors (Lipinski definition) is 0. The number of benzene rings is 4. The number of fused-ring (bicyclic) bond motifs is 2. The molecule has 0 amide bonds. The molecule has 0 fully saturated rings. The Morgan fingerprint density at radius 1 is 1.00 bits per heavy atom. The summed E-state index contributed by atoms with van der Waals surface area (Å²) in [5, 5.41) is 17.8. The van der Waals surface area contributed by atoms with Gasteiger partial charge in [-0.05, 0) is 42.5 Å². The number of nitro groups is 1. The highest BCUT2D eigenvalue weighted by Gasteiger charge is 2.22. The summed E-state index contributed by atoms with van der Waals surface area (Å²) in [4.78, 5) is 29.6. The molecule has 43 heavy (non-hydrogen) atoms. The van der Waals surface area contributed by atoms with Gasteiger partial charge in [0.2, 0.25) is 11.6 Å². The van der Waals surface area contributed by atoms with Crippen LogP contribution in [0.4, 0.5) is 5.69 Å². The first-order chi connectivity index (χ1) is 20.8. The van der Waals surface area contributed by atoms with E-state index >= 15 is 0 Å². The predicted molar refractivity (Wildman–Crippen MR) is 165 cm³/mol. The summed E-state index contributed by atoms with van der Waals surface area (Å²) in [6, 6.07) is 23.6. The number of aromatic nitrogens is 2. The van der Waals surface area contributed by atoms with Gasteiger partial charge in [0.1, 0.15) is 17.9 Å². The zero-order valence-electron chi connectivity index (χ0n) is 22.4. The fourth-order valence-corrected chi connectivity index (χ4v) is 5.02. The fourth-order valence-electron chi connectivity index (χ4n) is 4.55. The van der Waals surface area contributed by atoms with E-state index in [1.807, 2.05) is 0 Å². The first-order valence-corrected chi connectivity index (χ1v) is 13.6. The zero-order chi connectivity index (χ0) is 30.1. The van der Waals surface area contributed by atoms with Gasteiger partial charge in [0.15, 0.2) is 5.76 Å². The molecule has 0 spiro atoms. The van der Waals surface area contributed by atoms with Crippen LogP contribution in [-0.2, 0) is 6.61 Å². The number of furan rings is 1. The number of hydrogen-bond acceptors (Lipinski definition) is 8. The van der Waals surface area contributed by atoms with Gasteiger partial charge in [0, 0.05) is 22.2 Å². The molecule has 4 aromatic carbocycles. The third kappa shape index (κ3) is 5.41. The lowest BCUT2D eigenvalue weighted by Crippen LogP contribution is -2.20. The Hall–Kier alpha value is -5.19. The Morgan fingerprint density at radius 2 is 1.79 bits per heavy atom. The normalized spacial score (nSPS) is 11.4. The Bertz CT molecular complexity index is 2120. The maximum Gasteiger partial charge on any atom is 0.313 e. The van der Waals surface area contributed by atoms with E-state index in [-0.39, 0.29) is 40.2 Å². The van der Waals surface area contributed by atoms with Crippen molar-refractivity contribution < 1.29 is 18.8 Å². The second-order valence-corrected chi connectivity index (χ2v) is 10.1. The molecule has 0 saturated carbocycles. The van der Waals surface area contributed by atoms with Crippen LogP contribution in [0.1, 0.15) is 11.1 Å². The number of halogens is 2. The van der Waals surface area contributed by atoms with E-state index in [2.05, 4.69) is 10.1 Å². The van der Waals surface area contributed by atoms with Crippen molar-refractivity contribution in [2.24, 2.45) is 5.10 Å². The Labute approximate surface area is 253 Å². The van der Waals surface area contributed by atoms with Crippen molar-refractivity contribution in [2.45, 2.75) is 6.61 Å². The van der Waals surface area contributed by atoms with Crippen LogP contribution in [0.2, 0.25) is 10.0 Å². The number of para-hydroxylation sites is 1. The molecule has 0 radical (unpaired) electrons. The first-order valence-electron chi connectivity index (χ1n) is 12.8. The van der Waals surface area contributed by atoms with Crippen LogP contribution in [-0.4, -0.2) is 27.9 Å². The molecular formula is C31H20Cl2N4O6. The van der Waals surface area contributed by atoms with Gasteiger partial charge in [-0.3, -0.25) is 14.9 Å². The lowest BCUT2D eigenvalue weighted by atomic mass is 10.2. The van der Waals surface area contributed by atoms with E-state index in [1.54, 1.807) is 79.9 Å². The molecular weight excluding hydrogens is 595 g/mol. The zero-order valence-corrected chi connectivity index (χ0v) is 23.9. The van der Waals surface area contributed by atoms with Gasteiger partial charge in [-0.25, -0.2) is 4.98 Å². The van der Waals surface area contributed by atoms with Gasteiger partial charge in [-0.1, -0.05) is 59.6 Å². The number of methoxy groups -OCH3 is 1. The van der Waals surface area contributed by atoms with Crippen LogP contribution in [0.25, 0.3) is 33.5 Å². The van der Waals surface area contributed by atoms with Gasteiger partial charge in [-0.15, -0.1) is 0 Å². The molecule has 0 aliphatic carbocycles. The molecule has 0 atom stereocenters. The predicted octanol–water partition coefficient (Wildman–Crippen LogP) is 7.49. The molecule has 0 bridgehead atoms. The first kappa shape index (κ1) is 28.0. The summed E-state index contributed by atoms with van der Waals surface area (Å²) in [5.74, 6) is 0.861. The van der Waals surface area contributed by atoms with Gasteiger partial charge >= 0.3 is 5.69 Å². The molecule has 0 aliphatic heterocycles. The summed E-state index contributed by atoms with van der Waals surface area (Å²) >= 11 is 12.6. The van der Waals surface area contributed by atoms with E-state index in [0.29, 0.717) is 38.2 Å². The highest BCUT2D eigenvalue weighted by molar-refractivity contribution is 6.32. The molecule has 0 aliphatic rings. The maximum absolute atomic E-state index is 13.6. The van der Waals surface area contributed by atoms with E-state index in [4.69, 9.17) is 37.1 Å². The highest BCUT2D eigenvalue weighted by Crippen LogP contribution is 2.37. The van der Waals surface area contributed by atoms with Crippen molar-refractivity contribution in [3.63, 3.8) is 0 Å². The van der Waals surface area contributed by atoms with E-state index in [1.165, 1.54) is 18.3 Å². The minimum atomic E-state index is -0.609. The molecule has 2 heterocycles. The van der Waals surface area contributed by atoms with Crippen LogP contribution in [0.15, 0.2) is 99.2 Å². The number of nitrogens with zero attached hydrogens (tertiary/aromatic N) is 4. The van der Waals surface area contributed by atoms with Gasteiger partial charge in [0.05, 0.1) is 39.6 Å². The standard InChI is InChI=1S/C31H20Cl2N4O6/c1-41-26-11-6-12-27-21(26)15-28(43-27)30-35-24-10-5-3-8-20(24)31(38)36(30)34-16-18-13-23(33)29(25(14-18)37(39)40)42-17-19-7-2-4-9-22(19)32/h2-16H,17H2,1H3. The second kappa shape index (κ2) is 11.6. The smallest absolute Gasteiger partial charge is 0.313 e. The van der Waals surface area contributed by atoms with Crippen molar-refractivity contribution in [3.05, 3.63) is 127 Å². The Kier molecular flexibility index (Phi) is 7.54. The minimum absolute atomic E-state index is 0.0173. The summed E-state index contributed by atoms with van der Waals surface area (Å²) in [7, 11) is 1.55. The molecule has 0 saturated heterocycles. The molecule has 214 valence electrons. The largest absolute Gasteiger partial charge is 0.496 e. The van der Waals surface area contributed by atoms with Crippen LogP contribution in [0.5, 0.6) is 11.5 Å². The average molecular weight is 615 g/mol. The molecule has 6 rings (SSSR count). The maximum atomic E-state index is 13.6. The monoisotopic (exact) mass is 614 g/mol. The van der Waals surface area contributed by atoms with Gasteiger partial charge < -0.3 is 13.9 Å². The van der Waals surface area contributed by atoms with Crippen LogP contribution in [0, 0.1) is 10.1 Å². The Balaban J connectivity index is 1.43. The van der Waals surface area contributed by atoms with Crippen molar-refractivity contribution in [3.8, 4) is 23.1 Å². The number of rotatable bonds is 8. The van der Waals surface area contributed by atoms with Crippen LogP contribution >= 0.6 is 23.2 Å². The van der Waals surface area contributed by atoms with Crippen molar-refractivity contribution in [1.82, 2.24) is 9.66 Å². The summed E-state index contributed by atoms with van der Waals surface area (Å²) < 4.78 is 18.3. The van der Waals surface area contributed by atoms with Gasteiger partial charge in [0.25, 0.3) is 5.56 Å². The topological polar surface area (TPSA) is 122 Å². The van der Waals surface area contributed by atoms with Crippen LogP contribution < -0.4 is 15.0 Å². The molecule has 2 aromatic heterocycles. The molecule has 6 aromatic rings. The molecule has 12 heteroatoms. The van der Waals surface area contributed by atoms with Crippen molar-refractivity contribution in [1.29, 1.82) is 0 Å². The summed E-state index contributed by atoms with van der Waals surface area (Å²) in [5.41, 5.74) is 1.01. The lowest BCUT2D eigenvalue weighted by molar-refractivity contribution is -0.385. The van der Waals surface area contributed by atoms with Crippen LogP contribution in [0.3, 0.4) is 0 Å². The quantitative estimate of drug-likeness (QED) is 0.0988. The summed E-state index contributed by atoms with van der Waals surface area (Å²) in [6.45, 7) is -0.0303.